The van der Waals surface area contributed by atoms with E-state index in [-0.39, 0.29) is 17.4 Å². The monoisotopic (exact) mass is 472 g/mol. The van der Waals surface area contributed by atoms with Gasteiger partial charge in [-0.05, 0) is 43.2 Å². The van der Waals surface area contributed by atoms with Crippen LogP contribution in [0.4, 0.5) is 20.6 Å². The van der Waals surface area contributed by atoms with Crippen LogP contribution in [0.3, 0.4) is 0 Å². The lowest BCUT2D eigenvalue weighted by atomic mass is 10.0. The SMILES string of the molecule is CC1(N)CCN(c2c(-c3ccc(N4CCOC4=O)cc3)cncc2-c2nc3c(F)cccc3[nH]2)C1. The van der Waals surface area contributed by atoms with E-state index in [9.17, 15) is 9.18 Å². The van der Waals surface area contributed by atoms with Crippen LogP contribution in [0.25, 0.3) is 33.5 Å². The summed E-state index contributed by atoms with van der Waals surface area (Å²) in [4.78, 5) is 28.2. The number of fused-ring (bicyclic) bond motifs is 1. The number of hydrogen-bond donors (Lipinski definition) is 2. The van der Waals surface area contributed by atoms with E-state index in [0.717, 1.165) is 41.0 Å². The molecule has 2 aromatic carbocycles. The average Bonchev–Trinajstić information content (AvgIpc) is 3.57. The second-order valence-corrected chi connectivity index (χ2v) is 9.44. The van der Waals surface area contributed by atoms with Gasteiger partial charge in [-0.1, -0.05) is 18.2 Å². The average molecular weight is 473 g/mol. The topological polar surface area (TPSA) is 100 Å². The van der Waals surface area contributed by atoms with E-state index >= 15 is 0 Å². The Kier molecular flexibility index (Phi) is 4.96. The molecular weight excluding hydrogens is 447 g/mol. The van der Waals surface area contributed by atoms with Gasteiger partial charge in [0.25, 0.3) is 0 Å². The van der Waals surface area contributed by atoms with Crippen molar-refractivity contribution >= 4 is 28.5 Å². The number of carbonyl (C=O) groups excluding carboxylic acids is 1. The summed E-state index contributed by atoms with van der Waals surface area (Å²) in [5, 5.41) is 0. The van der Waals surface area contributed by atoms with Crippen LogP contribution in [0.5, 0.6) is 0 Å². The molecule has 1 atom stereocenters. The Morgan fingerprint density at radius 3 is 2.60 bits per heavy atom. The number of H-pyrrole nitrogens is 1. The smallest absolute Gasteiger partial charge is 0.414 e. The fraction of sp³-hybridized carbons (Fsp3) is 0.269. The van der Waals surface area contributed by atoms with Crippen molar-refractivity contribution in [2.45, 2.75) is 18.9 Å². The molecule has 0 spiro atoms. The summed E-state index contributed by atoms with van der Waals surface area (Å²) < 4.78 is 19.5. The van der Waals surface area contributed by atoms with E-state index in [1.165, 1.54) is 6.07 Å². The largest absolute Gasteiger partial charge is 0.447 e. The molecule has 4 aromatic rings. The molecular formula is C26H25FN6O2. The van der Waals surface area contributed by atoms with E-state index in [0.29, 0.717) is 36.6 Å². The lowest BCUT2D eigenvalue weighted by molar-refractivity contribution is 0.181. The van der Waals surface area contributed by atoms with Crippen LogP contribution in [0, 0.1) is 5.82 Å². The number of hydrogen-bond acceptors (Lipinski definition) is 6. The number of aromatic amines is 1. The van der Waals surface area contributed by atoms with Crippen LogP contribution in [0.15, 0.2) is 54.9 Å². The molecule has 3 N–H and O–H groups in total. The molecule has 6 rings (SSSR count). The highest BCUT2D eigenvalue weighted by molar-refractivity contribution is 5.93. The van der Waals surface area contributed by atoms with Gasteiger partial charge in [0.2, 0.25) is 0 Å². The van der Waals surface area contributed by atoms with Gasteiger partial charge in [-0.3, -0.25) is 9.88 Å². The van der Waals surface area contributed by atoms with Crippen molar-refractivity contribution in [3.8, 4) is 22.5 Å². The van der Waals surface area contributed by atoms with Gasteiger partial charge in [0.05, 0.1) is 23.3 Å². The summed E-state index contributed by atoms with van der Waals surface area (Å²) in [5.74, 6) is 0.180. The molecule has 8 nitrogen and oxygen atoms in total. The van der Waals surface area contributed by atoms with E-state index in [2.05, 4.69) is 19.9 Å². The van der Waals surface area contributed by atoms with Gasteiger partial charge in [-0.15, -0.1) is 0 Å². The molecule has 2 aliphatic rings. The number of halogens is 1. The summed E-state index contributed by atoms with van der Waals surface area (Å²) in [6.45, 7) is 4.42. The van der Waals surface area contributed by atoms with Crippen molar-refractivity contribution in [2.75, 3.05) is 36.0 Å². The summed E-state index contributed by atoms with van der Waals surface area (Å²) in [6, 6.07) is 12.6. The van der Waals surface area contributed by atoms with Crippen LogP contribution in [0.1, 0.15) is 13.3 Å². The second kappa shape index (κ2) is 8.06. The number of para-hydroxylation sites is 1. The van der Waals surface area contributed by atoms with Crippen molar-refractivity contribution < 1.29 is 13.9 Å². The first-order valence-corrected chi connectivity index (χ1v) is 11.6. The van der Waals surface area contributed by atoms with Gasteiger partial charge in [0.15, 0.2) is 5.82 Å². The summed E-state index contributed by atoms with van der Waals surface area (Å²) in [7, 11) is 0. The fourth-order valence-electron chi connectivity index (χ4n) is 4.93. The number of carbonyl (C=O) groups is 1. The van der Waals surface area contributed by atoms with Gasteiger partial charge < -0.3 is 20.4 Å². The number of nitrogens with zero attached hydrogens (tertiary/aromatic N) is 4. The third-order valence-corrected chi connectivity index (χ3v) is 6.71. The van der Waals surface area contributed by atoms with Crippen molar-refractivity contribution in [2.24, 2.45) is 5.73 Å². The first-order chi connectivity index (χ1) is 16.9. The molecule has 35 heavy (non-hydrogen) atoms. The zero-order valence-electron chi connectivity index (χ0n) is 19.3. The number of cyclic esters (lactones) is 1. The van der Waals surface area contributed by atoms with Crippen molar-refractivity contribution in [1.29, 1.82) is 0 Å². The Labute approximate surface area is 201 Å². The molecule has 2 aromatic heterocycles. The first-order valence-electron chi connectivity index (χ1n) is 11.6. The molecule has 2 aliphatic heterocycles. The maximum atomic E-state index is 14.4. The Hall–Kier alpha value is -3.98. The number of anilines is 2. The van der Waals surface area contributed by atoms with E-state index in [1.807, 2.05) is 37.4 Å². The predicted octanol–water partition coefficient (Wildman–Crippen LogP) is 4.32. The van der Waals surface area contributed by atoms with E-state index < -0.39 is 0 Å². The Morgan fingerprint density at radius 1 is 1.11 bits per heavy atom. The molecule has 1 amide bonds. The zero-order valence-corrected chi connectivity index (χ0v) is 19.3. The Bertz CT molecular complexity index is 1430. The lowest BCUT2D eigenvalue weighted by Gasteiger charge is -2.26. The van der Waals surface area contributed by atoms with Crippen molar-refractivity contribution in [3.63, 3.8) is 0 Å². The number of imidazole rings is 1. The first kappa shape index (κ1) is 21.5. The highest BCUT2D eigenvalue weighted by atomic mass is 19.1. The quantitative estimate of drug-likeness (QED) is 0.459. The summed E-state index contributed by atoms with van der Waals surface area (Å²) >= 11 is 0. The lowest BCUT2D eigenvalue weighted by Crippen LogP contribution is -2.39. The van der Waals surface area contributed by atoms with Gasteiger partial charge in [-0.2, -0.15) is 0 Å². The maximum Gasteiger partial charge on any atom is 0.414 e. The number of amides is 1. The second-order valence-electron chi connectivity index (χ2n) is 9.44. The summed E-state index contributed by atoms with van der Waals surface area (Å²) in [5.41, 5.74) is 11.5. The minimum atomic E-state index is -0.373. The minimum absolute atomic E-state index is 0.297. The third kappa shape index (κ3) is 3.77. The summed E-state index contributed by atoms with van der Waals surface area (Å²) in [6.07, 6.45) is 4.10. The van der Waals surface area contributed by atoms with Gasteiger partial charge in [0, 0.05) is 42.3 Å². The minimum Gasteiger partial charge on any atom is -0.447 e. The van der Waals surface area contributed by atoms with E-state index in [1.54, 1.807) is 23.2 Å². The van der Waals surface area contributed by atoms with Gasteiger partial charge in [-0.25, -0.2) is 14.2 Å². The van der Waals surface area contributed by atoms with E-state index in [4.69, 9.17) is 10.5 Å². The van der Waals surface area contributed by atoms with Crippen molar-refractivity contribution in [3.05, 3.63) is 60.7 Å². The maximum absolute atomic E-state index is 14.4. The van der Waals surface area contributed by atoms with Crippen LogP contribution in [-0.4, -0.2) is 52.8 Å². The highest BCUT2D eigenvalue weighted by Crippen LogP contribution is 2.41. The van der Waals surface area contributed by atoms with Crippen molar-refractivity contribution in [1.82, 2.24) is 15.0 Å². The number of ether oxygens (including phenoxy) is 1. The standard InChI is InChI=1S/C26H25FN6O2/c1-26(28)9-10-32(15-26)23-18(16-5-7-17(8-6-16)33-11-12-35-25(33)34)13-29-14-19(23)24-30-21-4-2-3-20(27)22(21)31-24/h2-8,13-14H,9-12,15,28H2,1H3,(H,30,31). The number of benzene rings is 2. The third-order valence-electron chi connectivity index (χ3n) is 6.71. The Balaban J connectivity index is 1.48. The number of pyridine rings is 1. The normalized spacial score (nSPS) is 20.1. The molecule has 1 unspecified atom stereocenters. The predicted molar refractivity (Wildman–Crippen MR) is 133 cm³/mol. The number of nitrogens with two attached hydrogens (primary N) is 1. The van der Waals surface area contributed by atoms with Crippen LogP contribution < -0.4 is 15.5 Å². The van der Waals surface area contributed by atoms with Gasteiger partial charge >= 0.3 is 6.09 Å². The Morgan fingerprint density at radius 2 is 1.91 bits per heavy atom. The molecule has 0 aliphatic carbocycles. The molecule has 0 radical (unpaired) electrons. The fourth-order valence-corrected chi connectivity index (χ4v) is 4.93. The molecule has 0 saturated carbocycles. The van der Waals surface area contributed by atoms with Crippen LogP contribution in [0.2, 0.25) is 0 Å². The molecule has 2 saturated heterocycles. The zero-order chi connectivity index (χ0) is 24.2. The number of aromatic nitrogens is 3. The molecule has 178 valence electrons. The van der Waals surface area contributed by atoms with Gasteiger partial charge in [0.1, 0.15) is 17.9 Å². The number of nitrogens with one attached hydrogen (secondary N) is 1. The molecule has 2 fully saturated rings. The molecule has 9 heteroatoms. The molecule has 0 bridgehead atoms. The molecule has 4 heterocycles. The number of rotatable bonds is 4. The van der Waals surface area contributed by atoms with Crippen LogP contribution >= 0.6 is 0 Å². The highest BCUT2D eigenvalue weighted by Gasteiger charge is 2.33. The van der Waals surface area contributed by atoms with Crippen LogP contribution in [-0.2, 0) is 4.74 Å².